The Kier molecular flexibility index (Phi) is 7.25. The highest BCUT2D eigenvalue weighted by molar-refractivity contribution is 7.99. The van der Waals surface area contributed by atoms with E-state index in [0.29, 0.717) is 11.3 Å². The second kappa shape index (κ2) is 9.68. The molecule has 3 rings (SSSR count). The summed E-state index contributed by atoms with van der Waals surface area (Å²) in [5, 5.41) is 4.01. The van der Waals surface area contributed by atoms with Crippen LogP contribution in [0.4, 0.5) is 0 Å². The molecule has 2 aromatic rings. The van der Waals surface area contributed by atoms with Crippen molar-refractivity contribution >= 4 is 17.7 Å². The second-order valence-corrected chi connectivity index (χ2v) is 8.61. The molecule has 156 valence electrons. The number of ether oxygens (including phenoxy) is 2. The minimum absolute atomic E-state index is 0.0404. The van der Waals surface area contributed by atoms with E-state index < -0.39 is 0 Å². The molecule has 4 nitrogen and oxygen atoms in total. The molecule has 0 unspecified atom stereocenters. The van der Waals surface area contributed by atoms with E-state index >= 15 is 0 Å². The van der Waals surface area contributed by atoms with Gasteiger partial charge in [-0.3, -0.25) is 5.32 Å². The van der Waals surface area contributed by atoms with Gasteiger partial charge in [0.2, 0.25) is 0 Å². The summed E-state index contributed by atoms with van der Waals surface area (Å²) in [4.78, 5) is 13.4. The third kappa shape index (κ3) is 4.62. The first-order valence-corrected chi connectivity index (χ1v) is 11.3. The van der Waals surface area contributed by atoms with Gasteiger partial charge in [-0.15, -0.1) is 11.8 Å². The molecular weight excluding hydrogens is 382 g/mol. The van der Waals surface area contributed by atoms with Crippen molar-refractivity contribution in [3.63, 3.8) is 0 Å². The number of benzene rings is 2. The zero-order valence-corrected chi connectivity index (χ0v) is 18.6. The smallest absolute Gasteiger partial charge is 0.341 e. The van der Waals surface area contributed by atoms with Crippen LogP contribution in [0, 0.1) is 0 Å². The minimum Gasteiger partial charge on any atom is -0.496 e. The van der Waals surface area contributed by atoms with Crippen molar-refractivity contribution < 1.29 is 14.3 Å². The number of methoxy groups -OCH3 is 2. The van der Waals surface area contributed by atoms with Crippen molar-refractivity contribution in [3.8, 4) is 5.75 Å². The summed E-state index contributed by atoms with van der Waals surface area (Å²) < 4.78 is 10.5. The van der Waals surface area contributed by atoms with Crippen molar-refractivity contribution in [2.75, 3.05) is 20.0 Å². The van der Waals surface area contributed by atoms with Gasteiger partial charge >= 0.3 is 5.97 Å². The first-order chi connectivity index (χ1) is 14.1. The SMILES string of the molecule is CCCC[C@]1(CC)CSc2cc(C(=O)OC)c(OC)cc2[C@@H](c2ccccc2)N1. The van der Waals surface area contributed by atoms with E-state index in [1.54, 1.807) is 7.11 Å². The quantitative estimate of drug-likeness (QED) is 0.598. The lowest BCUT2D eigenvalue weighted by molar-refractivity contribution is 0.0596. The average Bonchev–Trinajstić information content (AvgIpc) is 2.94. The molecule has 1 N–H and O–H groups in total. The molecule has 1 heterocycles. The van der Waals surface area contributed by atoms with Gasteiger partial charge in [-0.05, 0) is 36.1 Å². The Labute approximate surface area is 178 Å². The van der Waals surface area contributed by atoms with Crippen molar-refractivity contribution in [2.24, 2.45) is 0 Å². The number of thioether (sulfide) groups is 1. The molecule has 29 heavy (non-hydrogen) atoms. The standard InChI is InChI=1S/C24H31NO3S/c1-5-7-13-24(6-2)16-29-21-15-18(23(26)28-4)20(27-3)14-19(21)22(25-24)17-11-9-8-10-12-17/h8-12,14-15,22,25H,5-7,13,16H2,1-4H3/t22-,24-/m1/s1. The van der Waals surface area contributed by atoms with Crippen LogP contribution in [0.25, 0.3) is 0 Å². The van der Waals surface area contributed by atoms with Crippen LogP contribution in [0.15, 0.2) is 47.4 Å². The molecule has 0 aliphatic carbocycles. The molecule has 2 aromatic carbocycles. The van der Waals surface area contributed by atoms with E-state index in [-0.39, 0.29) is 17.6 Å². The monoisotopic (exact) mass is 413 g/mol. The van der Waals surface area contributed by atoms with Crippen LogP contribution in [0.2, 0.25) is 0 Å². The van der Waals surface area contributed by atoms with Crippen molar-refractivity contribution in [3.05, 3.63) is 59.2 Å². The number of nitrogens with one attached hydrogen (secondary N) is 1. The van der Waals surface area contributed by atoms with Gasteiger partial charge in [0.05, 0.1) is 20.3 Å². The van der Waals surface area contributed by atoms with Crippen molar-refractivity contribution in [1.29, 1.82) is 0 Å². The fourth-order valence-electron chi connectivity index (χ4n) is 3.95. The number of fused-ring (bicyclic) bond motifs is 1. The van der Waals surface area contributed by atoms with Crippen molar-refractivity contribution in [2.45, 2.75) is 56.0 Å². The fraction of sp³-hybridized carbons (Fsp3) is 0.458. The summed E-state index contributed by atoms with van der Waals surface area (Å²) >= 11 is 1.83. The summed E-state index contributed by atoms with van der Waals surface area (Å²) in [6.07, 6.45) is 4.55. The molecule has 1 aliphatic rings. The summed E-state index contributed by atoms with van der Waals surface area (Å²) in [6, 6.07) is 14.5. The van der Waals surface area contributed by atoms with Gasteiger partial charge in [0.25, 0.3) is 0 Å². The number of unbranched alkanes of at least 4 members (excludes halogenated alkanes) is 1. The predicted molar refractivity (Wildman–Crippen MR) is 119 cm³/mol. The van der Waals surface area contributed by atoms with Gasteiger partial charge in [-0.1, -0.05) is 57.0 Å². The lowest BCUT2D eigenvalue weighted by Gasteiger charge is -2.36. The third-order valence-corrected chi connectivity index (χ3v) is 7.18. The van der Waals surface area contributed by atoms with Gasteiger partial charge in [0, 0.05) is 16.2 Å². The molecule has 0 saturated heterocycles. The minimum atomic E-state index is -0.369. The summed E-state index contributed by atoms with van der Waals surface area (Å²) in [5.74, 6) is 1.15. The van der Waals surface area contributed by atoms with E-state index in [2.05, 4.69) is 43.4 Å². The van der Waals surface area contributed by atoms with Crippen LogP contribution in [0.3, 0.4) is 0 Å². The van der Waals surface area contributed by atoms with E-state index in [0.717, 1.165) is 29.1 Å². The van der Waals surface area contributed by atoms with Gasteiger partial charge < -0.3 is 9.47 Å². The molecule has 5 heteroatoms. The van der Waals surface area contributed by atoms with Crippen LogP contribution in [0.5, 0.6) is 5.75 Å². The maximum Gasteiger partial charge on any atom is 0.341 e. The summed E-state index contributed by atoms with van der Waals surface area (Å²) in [5.41, 5.74) is 2.89. The summed E-state index contributed by atoms with van der Waals surface area (Å²) in [6.45, 7) is 4.51. The first kappa shape index (κ1) is 21.7. The zero-order valence-electron chi connectivity index (χ0n) is 17.8. The van der Waals surface area contributed by atoms with Gasteiger partial charge in [0.15, 0.2) is 0 Å². The van der Waals surface area contributed by atoms with E-state index in [1.165, 1.54) is 25.5 Å². The van der Waals surface area contributed by atoms with Gasteiger partial charge in [-0.2, -0.15) is 0 Å². The highest BCUT2D eigenvalue weighted by Crippen LogP contribution is 2.43. The molecule has 0 fully saturated rings. The van der Waals surface area contributed by atoms with Crippen LogP contribution >= 0.6 is 11.8 Å². The molecule has 2 atom stereocenters. The van der Waals surface area contributed by atoms with Gasteiger partial charge in [0.1, 0.15) is 11.3 Å². The molecule has 0 spiro atoms. The van der Waals surface area contributed by atoms with Crippen molar-refractivity contribution in [1.82, 2.24) is 5.32 Å². The average molecular weight is 414 g/mol. The highest BCUT2D eigenvalue weighted by atomic mass is 32.2. The third-order valence-electron chi connectivity index (χ3n) is 5.82. The Hall–Kier alpha value is -1.98. The first-order valence-electron chi connectivity index (χ1n) is 10.3. The number of carbonyl (C=O) groups excluding carboxylic acids is 1. The molecule has 1 aliphatic heterocycles. The molecule has 0 bridgehead atoms. The van der Waals surface area contributed by atoms with Crippen LogP contribution < -0.4 is 10.1 Å². The molecule has 0 radical (unpaired) electrons. The Morgan fingerprint density at radius 2 is 1.97 bits per heavy atom. The molecule has 0 amide bonds. The molecular formula is C24H31NO3S. The lowest BCUT2D eigenvalue weighted by Crippen LogP contribution is -2.48. The Morgan fingerprint density at radius 3 is 2.59 bits per heavy atom. The summed E-state index contributed by atoms with van der Waals surface area (Å²) in [7, 11) is 3.00. The van der Waals surface area contributed by atoms with E-state index in [9.17, 15) is 4.79 Å². The van der Waals surface area contributed by atoms with E-state index in [1.807, 2.05) is 30.0 Å². The topological polar surface area (TPSA) is 47.6 Å². The zero-order chi connectivity index (χ0) is 20.9. The largest absolute Gasteiger partial charge is 0.496 e. The number of esters is 1. The number of hydrogen-bond donors (Lipinski definition) is 1. The highest BCUT2D eigenvalue weighted by Gasteiger charge is 2.36. The fourth-order valence-corrected chi connectivity index (χ4v) is 5.36. The van der Waals surface area contributed by atoms with Crippen LogP contribution in [0.1, 0.15) is 67.1 Å². The number of rotatable bonds is 7. The van der Waals surface area contributed by atoms with Gasteiger partial charge in [-0.25, -0.2) is 4.79 Å². The predicted octanol–water partition coefficient (Wildman–Crippen LogP) is 5.61. The molecule has 0 aromatic heterocycles. The Bertz CT molecular complexity index is 840. The normalized spacial score (nSPS) is 21.2. The maximum absolute atomic E-state index is 12.3. The second-order valence-electron chi connectivity index (χ2n) is 7.60. The number of hydrogen-bond acceptors (Lipinski definition) is 5. The lowest BCUT2D eigenvalue weighted by atomic mass is 9.88. The number of carbonyl (C=O) groups is 1. The molecule has 0 saturated carbocycles. The van der Waals surface area contributed by atoms with E-state index in [4.69, 9.17) is 9.47 Å². The Balaban J connectivity index is 2.14. The van der Waals surface area contributed by atoms with Crippen LogP contribution in [-0.2, 0) is 4.74 Å². The maximum atomic E-state index is 12.3. The Morgan fingerprint density at radius 1 is 1.21 bits per heavy atom. The van der Waals surface area contributed by atoms with Crippen LogP contribution in [-0.4, -0.2) is 31.5 Å².